The van der Waals surface area contributed by atoms with Crippen LogP contribution in [0.15, 0.2) is 35.9 Å². The molecule has 0 aromatic carbocycles. The molecule has 1 aliphatic carbocycles. The van der Waals surface area contributed by atoms with Crippen LogP contribution in [0.5, 0.6) is 5.88 Å². The number of hydrogen-bond donors (Lipinski definition) is 1. The van der Waals surface area contributed by atoms with E-state index in [0.29, 0.717) is 29.5 Å². The first-order valence-corrected chi connectivity index (χ1v) is 9.38. The summed E-state index contributed by atoms with van der Waals surface area (Å²) in [4.78, 5) is 21.8. The number of ether oxygens (including phenoxy) is 2. The molecule has 2 aromatic rings. The maximum Gasteiger partial charge on any atom is 0.338 e. The molecule has 0 fully saturated rings. The van der Waals surface area contributed by atoms with E-state index in [1.165, 1.54) is 0 Å². The van der Waals surface area contributed by atoms with Crippen molar-refractivity contribution in [3.05, 3.63) is 58.2 Å². The van der Waals surface area contributed by atoms with Gasteiger partial charge >= 0.3 is 5.97 Å². The minimum Gasteiger partial charge on any atom is -0.463 e. The number of hydrogen-bond acceptors (Lipinski definition) is 6. The Morgan fingerprint density at radius 3 is 2.93 bits per heavy atom. The Balaban J connectivity index is 1.95. The van der Waals surface area contributed by atoms with Crippen molar-refractivity contribution in [1.29, 1.82) is 0 Å². The fraction of sp³-hybridized carbons (Fsp3) is 0.381. The first kappa shape index (κ1) is 17.5. The van der Waals surface area contributed by atoms with Gasteiger partial charge in [-0.15, -0.1) is 0 Å². The smallest absolute Gasteiger partial charge is 0.338 e. The van der Waals surface area contributed by atoms with Crippen LogP contribution in [-0.2, 0) is 22.4 Å². The zero-order chi connectivity index (χ0) is 19.0. The minimum absolute atomic E-state index is 0.292. The number of anilines is 1. The van der Waals surface area contributed by atoms with Crippen LogP contribution in [0.3, 0.4) is 0 Å². The van der Waals surface area contributed by atoms with Gasteiger partial charge < -0.3 is 15.2 Å². The van der Waals surface area contributed by atoms with Crippen LogP contribution in [0, 0.1) is 0 Å². The molecule has 0 saturated heterocycles. The molecule has 1 atom stereocenters. The van der Waals surface area contributed by atoms with Crippen LogP contribution < -0.4 is 10.5 Å². The molecular weight excluding hydrogens is 342 g/mol. The number of fused-ring (bicyclic) bond motifs is 2. The van der Waals surface area contributed by atoms with Gasteiger partial charge in [-0.3, -0.25) is 4.98 Å². The number of nitrogens with two attached hydrogens (primary N) is 1. The lowest BCUT2D eigenvalue weighted by Crippen LogP contribution is -2.26. The van der Waals surface area contributed by atoms with Crippen LogP contribution in [0.1, 0.15) is 55.0 Å². The highest BCUT2D eigenvalue weighted by molar-refractivity contribution is 5.93. The van der Waals surface area contributed by atoms with Gasteiger partial charge in [-0.05, 0) is 56.7 Å². The predicted molar refractivity (Wildman–Crippen MR) is 101 cm³/mol. The third-order valence-corrected chi connectivity index (χ3v) is 5.24. The Labute approximate surface area is 158 Å². The third kappa shape index (κ3) is 2.95. The number of carbonyl (C=O) groups excluding carboxylic acids is 1. The Kier molecular flexibility index (Phi) is 4.56. The van der Waals surface area contributed by atoms with Crippen molar-refractivity contribution in [2.45, 2.75) is 45.4 Å². The molecule has 0 spiro atoms. The van der Waals surface area contributed by atoms with Crippen molar-refractivity contribution < 1.29 is 14.3 Å². The van der Waals surface area contributed by atoms with Crippen LogP contribution in [0.2, 0.25) is 0 Å². The molecule has 2 aromatic heterocycles. The van der Waals surface area contributed by atoms with E-state index in [9.17, 15) is 4.79 Å². The highest BCUT2D eigenvalue weighted by Gasteiger charge is 2.38. The standard InChI is InChI=1S/C21H23N3O3/c1-3-26-21(25)16-12(2)27-20-18(17(16)13-7-6-10-23-11-13)19(22)14-8-4-5-9-15(14)24-20/h6-7,10-11,17H,3-5,8-9H2,1-2H3,(H2,22,24)/t17-/m0/s1. The molecule has 6 heteroatoms. The molecule has 0 bridgehead atoms. The molecule has 27 heavy (non-hydrogen) atoms. The zero-order valence-electron chi connectivity index (χ0n) is 15.6. The average Bonchev–Trinajstić information content (AvgIpc) is 2.68. The van der Waals surface area contributed by atoms with Crippen molar-refractivity contribution in [3.63, 3.8) is 0 Å². The molecule has 4 rings (SSSR count). The Bertz CT molecular complexity index is 922. The Hall–Kier alpha value is -2.89. The van der Waals surface area contributed by atoms with Gasteiger partial charge in [0.15, 0.2) is 0 Å². The van der Waals surface area contributed by atoms with Crippen molar-refractivity contribution in [2.24, 2.45) is 0 Å². The van der Waals surface area contributed by atoms with E-state index in [1.807, 2.05) is 12.1 Å². The van der Waals surface area contributed by atoms with Crippen molar-refractivity contribution >= 4 is 11.7 Å². The van der Waals surface area contributed by atoms with E-state index in [1.54, 1.807) is 26.2 Å². The van der Waals surface area contributed by atoms with Crippen molar-refractivity contribution in [3.8, 4) is 5.88 Å². The molecular formula is C21H23N3O3. The number of aryl methyl sites for hydroxylation is 1. The van der Waals surface area contributed by atoms with Gasteiger partial charge in [0.05, 0.1) is 23.7 Å². The number of nitrogen functional groups attached to an aromatic ring is 1. The van der Waals surface area contributed by atoms with Gasteiger partial charge in [0, 0.05) is 23.8 Å². The lowest BCUT2D eigenvalue weighted by Gasteiger charge is -2.31. The van der Waals surface area contributed by atoms with E-state index in [-0.39, 0.29) is 0 Å². The number of carbonyl (C=O) groups is 1. The predicted octanol–water partition coefficient (Wildman–Crippen LogP) is 3.30. The number of rotatable bonds is 3. The van der Waals surface area contributed by atoms with Gasteiger partial charge in [-0.2, -0.15) is 0 Å². The maximum atomic E-state index is 12.8. The summed E-state index contributed by atoms with van der Waals surface area (Å²) in [5.41, 5.74) is 11.5. The molecule has 2 N–H and O–H groups in total. The minimum atomic E-state index is -0.402. The topological polar surface area (TPSA) is 87.3 Å². The second kappa shape index (κ2) is 7.02. The fourth-order valence-electron chi connectivity index (χ4n) is 4.02. The number of pyridine rings is 2. The van der Waals surface area contributed by atoms with E-state index < -0.39 is 11.9 Å². The van der Waals surface area contributed by atoms with Crippen molar-refractivity contribution in [1.82, 2.24) is 9.97 Å². The van der Waals surface area contributed by atoms with Crippen LogP contribution in [-0.4, -0.2) is 22.5 Å². The summed E-state index contributed by atoms with van der Waals surface area (Å²) in [7, 11) is 0. The summed E-state index contributed by atoms with van der Waals surface area (Å²) in [5, 5.41) is 0. The second-order valence-corrected chi connectivity index (χ2v) is 6.89. The number of esters is 1. The third-order valence-electron chi connectivity index (χ3n) is 5.24. The normalized spacial score (nSPS) is 18.4. The van der Waals surface area contributed by atoms with Crippen LogP contribution in [0.25, 0.3) is 0 Å². The molecule has 3 heterocycles. The quantitative estimate of drug-likeness (QED) is 0.840. The van der Waals surface area contributed by atoms with Crippen molar-refractivity contribution in [2.75, 3.05) is 12.3 Å². The van der Waals surface area contributed by atoms with Gasteiger partial charge in [0.1, 0.15) is 5.76 Å². The van der Waals surface area contributed by atoms with E-state index in [2.05, 4.69) is 4.98 Å². The average molecular weight is 365 g/mol. The molecule has 0 saturated carbocycles. The summed E-state index contributed by atoms with van der Waals surface area (Å²) in [6, 6.07) is 3.79. The van der Waals surface area contributed by atoms with Gasteiger partial charge in [0.25, 0.3) is 0 Å². The number of aromatic nitrogens is 2. The summed E-state index contributed by atoms with van der Waals surface area (Å²) >= 11 is 0. The number of nitrogens with zero attached hydrogens (tertiary/aromatic N) is 2. The van der Waals surface area contributed by atoms with Crippen LogP contribution >= 0.6 is 0 Å². The highest BCUT2D eigenvalue weighted by atomic mass is 16.5. The molecule has 0 amide bonds. The molecule has 1 aliphatic heterocycles. The first-order valence-electron chi connectivity index (χ1n) is 9.38. The first-order chi connectivity index (χ1) is 13.1. The molecule has 0 unspecified atom stereocenters. The lowest BCUT2D eigenvalue weighted by atomic mass is 9.81. The van der Waals surface area contributed by atoms with E-state index in [4.69, 9.17) is 20.2 Å². The Morgan fingerprint density at radius 2 is 2.19 bits per heavy atom. The van der Waals surface area contributed by atoms with Gasteiger partial charge in [-0.25, -0.2) is 9.78 Å². The second-order valence-electron chi connectivity index (χ2n) is 6.89. The molecule has 140 valence electrons. The van der Waals surface area contributed by atoms with Crippen LogP contribution in [0.4, 0.5) is 5.69 Å². The number of allylic oxidation sites excluding steroid dienone is 1. The summed E-state index contributed by atoms with van der Waals surface area (Å²) in [6.45, 7) is 3.85. The zero-order valence-corrected chi connectivity index (χ0v) is 15.6. The summed E-state index contributed by atoms with van der Waals surface area (Å²) in [5.74, 6) is 0.192. The highest BCUT2D eigenvalue weighted by Crippen LogP contribution is 2.47. The summed E-state index contributed by atoms with van der Waals surface area (Å²) in [6.07, 6.45) is 7.46. The molecule has 0 radical (unpaired) electrons. The Morgan fingerprint density at radius 1 is 1.37 bits per heavy atom. The molecule has 2 aliphatic rings. The van der Waals surface area contributed by atoms with E-state index in [0.717, 1.165) is 48.1 Å². The SMILES string of the molecule is CCOC(=O)C1=C(C)Oc2nc3c(c(N)c2[C@H]1c1cccnc1)CCCC3. The van der Waals surface area contributed by atoms with Gasteiger partial charge in [-0.1, -0.05) is 6.07 Å². The maximum absolute atomic E-state index is 12.8. The summed E-state index contributed by atoms with van der Waals surface area (Å²) < 4.78 is 11.3. The lowest BCUT2D eigenvalue weighted by molar-refractivity contribution is -0.139. The fourth-order valence-corrected chi connectivity index (χ4v) is 4.02. The monoisotopic (exact) mass is 365 g/mol. The molecule has 6 nitrogen and oxygen atoms in total. The van der Waals surface area contributed by atoms with Gasteiger partial charge in [0.2, 0.25) is 5.88 Å². The van der Waals surface area contributed by atoms with E-state index >= 15 is 0 Å². The largest absolute Gasteiger partial charge is 0.463 e.